The van der Waals surface area contributed by atoms with E-state index in [0.717, 1.165) is 6.42 Å². The number of amides is 3. The predicted molar refractivity (Wildman–Crippen MR) is 72.9 cm³/mol. The van der Waals surface area contributed by atoms with Gasteiger partial charge in [0.15, 0.2) is 0 Å². The number of carboxylic acids is 1. The molecule has 1 fully saturated rings. The van der Waals surface area contributed by atoms with Gasteiger partial charge in [-0.1, -0.05) is 13.8 Å². The molecule has 0 saturated carbocycles. The summed E-state index contributed by atoms with van der Waals surface area (Å²) in [5.74, 6) is -0.930. The Morgan fingerprint density at radius 3 is 2.30 bits per heavy atom. The van der Waals surface area contributed by atoms with Gasteiger partial charge in [-0.15, -0.1) is 0 Å². The van der Waals surface area contributed by atoms with Crippen LogP contribution in [0.2, 0.25) is 0 Å². The SMILES string of the molecule is CC1CC(C)CN(C(=O)N[C@H](CCC(N)=O)C(=O)O)C1. The Kier molecular flexibility index (Phi) is 5.79. The van der Waals surface area contributed by atoms with Gasteiger partial charge in [-0.2, -0.15) is 0 Å². The van der Waals surface area contributed by atoms with Gasteiger partial charge in [0, 0.05) is 19.5 Å². The lowest BCUT2D eigenvalue weighted by atomic mass is 9.92. The first-order chi connectivity index (χ1) is 9.29. The van der Waals surface area contributed by atoms with Gasteiger partial charge in [-0.25, -0.2) is 9.59 Å². The maximum Gasteiger partial charge on any atom is 0.326 e. The highest BCUT2D eigenvalue weighted by Gasteiger charge is 2.28. The molecule has 7 nitrogen and oxygen atoms in total. The van der Waals surface area contributed by atoms with E-state index in [9.17, 15) is 14.4 Å². The van der Waals surface area contributed by atoms with Crippen LogP contribution in [0, 0.1) is 11.8 Å². The second kappa shape index (κ2) is 7.12. The van der Waals surface area contributed by atoms with E-state index in [2.05, 4.69) is 19.2 Å². The molecule has 2 unspecified atom stereocenters. The molecule has 20 heavy (non-hydrogen) atoms. The van der Waals surface area contributed by atoms with E-state index in [1.807, 2.05) is 0 Å². The summed E-state index contributed by atoms with van der Waals surface area (Å²) < 4.78 is 0. The van der Waals surface area contributed by atoms with E-state index in [-0.39, 0.29) is 18.9 Å². The van der Waals surface area contributed by atoms with Crippen molar-refractivity contribution in [2.45, 2.75) is 39.2 Å². The molecule has 0 spiro atoms. The lowest BCUT2D eigenvalue weighted by molar-refractivity contribution is -0.139. The van der Waals surface area contributed by atoms with Crippen molar-refractivity contribution in [2.24, 2.45) is 17.6 Å². The van der Waals surface area contributed by atoms with Crippen LogP contribution >= 0.6 is 0 Å². The van der Waals surface area contributed by atoms with Crippen LogP contribution in [0.3, 0.4) is 0 Å². The van der Waals surface area contributed by atoms with Gasteiger partial charge in [0.2, 0.25) is 5.91 Å². The predicted octanol–water partition coefficient (Wildman–Crippen LogP) is 0.393. The first-order valence-corrected chi connectivity index (χ1v) is 6.86. The zero-order valence-corrected chi connectivity index (χ0v) is 12.0. The van der Waals surface area contributed by atoms with Crippen molar-refractivity contribution in [3.63, 3.8) is 0 Å². The summed E-state index contributed by atoms with van der Waals surface area (Å²) in [5.41, 5.74) is 5.00. The van der Waals surface area contributed by atoms with E-state index in [1.54, 1.807) is 4.90 Å². The van der Waals surface area contributed by atoms with E-state index in [4.69, 9.17) is 10.8 Å². The molecule has 0 aromatic rings. The van der Waals surface area contributed by atoms with E-state index >= 15 is 0 Å². The molecule has 1 heterocycles. The first-order valence-electron chi connectivity index (χ1n) is 6.86. The summed E-state index contributed by atoms with van der Waals surface area (Å²) in [7, 11) is 0. The summed E-state index contributed by atoms with van der Waals surface area (Å²) >= 11 is 0. The Balaban J connectivity index is 2.56. The van der Waals surface area contributed by atoms with Crippen molar-refractivity contribution in [3.8, 4) is 0 Å². The molecular formula is C13H23N3O4. The number of nitrogens with two attached hydrogens (primary N) is 1. The number of hydrogen-bond donors (Lipinski definition) is 3. The van der Waals surface area contributed by atoms with Gasteiger partial charge < -0.3 is 21.1 Å². The molecule has 1 aliphatic heterocycles. The summed E-state index contributed by atoms with van der Waals surface area (Å²) in [6.45, 7) is 5.38. The van der Waals surface area contributed by atoms with Gasteiger partial charge in [0.25, 0.3) is 0 Å². The van der Waals surface area contributed by atoms with Crippen molar-refractivity contribution < 1.29 is 19.5 Å². The number of aliphatic carboxylic acids is 1. The minimum atomic E-state index is -1.15. The zero-order chi connectivity index (χ0) is 15.3. The van der Waals surface area contributed by atoms with Gasteiger partial charge in [0.1, 0.15) is 6.04 Å². The van der Waals surface area contributed by atoms with Crippen molar-refractivity contribution in [1.82, 2.24) is 10.2 Å². The smallest absolute Gasteiger partial charge is 0.326 e. The summed E-state index contributed by atoms with van der Waals surface area (Å²) in [6.07, 6.45) is 1.01. The number of hydrogen-bond acceptors (Lipinski definition) is 3. The molecule has 1 aliphatic rings. The molecule has 114 valence electrons. The minimum absolute atomic E-state index is 0.00928. The van der Waals surface area contributed by atoms with E-state index in [0.29, 0.717) is 24.9 Å². The lowest BCUT2D eigenvalue weighted by Gasteiger charge is -2.35. The van der Waals surface area contributed by atoms with Crippen LogP contribution in [-0.2, 0) is 9.59 Å². The summed E-state index contributed by atoms with van der Waals surface area (Å²) in [6, 6.07) is -1.47. The van der Waals surface area contributed by atoms with Crippen molar-refractivity contribution in [3.05, 3.63) is 0 Å². The molecule has 0 aliphatic carbocycles. The number of primary amides is 1. The number of carbonyl (C=O) groups is 3. The molecule has 0 bridgehead atoms. The molecule has 1 rings (SSSR count). The fourth-order valence-corrected chi connectivity index (χ4v) is 2.61. The van der Waals surface area contributed by atoms with Crippen LogP contribution in [0.4, 0.5) is 4.79 Å². The quantitative estimate of drug-likeness (QED) is 0.678. The van der Waals surface area contributed by atoms with Crippen molar-refractivity contribution in [2.75, 3.05) is 13.1 Å². The number of nitrogens with zero attached hydrogens (tertiary/aromatic N) is 1. The van der Waals surface area contributed by atoms with Crippen molar-refractivity contribution in [1.29, 1.82) is 0 Å². The Morgan fingerprint density at radius 2 is 1.85 bits per heavy atom. The van der Waals surface area contributed by atoms with Gasteiger partial charge in [-0.05, 0) is 24.7 Å². The molecule has 1 saturated heterocycles. The number of urea groups is 1. The van der Waals surface area contributed by atoms with Crippen LogP contribution in [0.1, 0.15) is 33.1 Å². The fourth-order valence-electron chi connectivity index (χ4n) is 2.61. The second-order valence-electron chi connectivity index (χ2n) is 5.70. The summed E-state index contributed by atoms with van der Waals surface area (Å²) in [5, 5.41) is 11.5. The Morgan fingerprint density at radius 1 is 1.30 bits per heavy atom. The minimum Gasteiger partial charge on any atom is -0.480 e. The third kappa shape index (κ3) is 5.07. The Hall–Kier alpha value is -1.79. The maximum atomic E-state index is 12.1. The average molecular weight is 285 g/mol. The largest absolute Gasteiger partial charge is 0.480 e. The van der Waals surface area contributed by atoms with Crippen LogP contribution in [0.25, 0.3) is 0 Å². The summed E-state index contributed by atoms with van der Waals surface area (Å²) in [4.78, 5) is 35.5. The van der Waals surface area contributed by atoms with Crippen LogP contribution in [-0.4, -0.2) is 47.0 Å². The fraction of sp³-hybridized carbons (Fsp3) is 0.769. The molecule has 0 aromatic heterocycles. The number of nitrogens with one attached hydrogen (secondary N) is 1. The topological polar surface area (TPSA) is 113 Å². The highest BCUT2D eigenvalue weighted by molar-refractivity contribution is 5.83. The van der Waals surface area contributed by atoms with E-state index < -0.39 is 17.9 Å². The number of carbonyl (C=O) groups excluding carboxylic acids is 2. The molecule has 3 amide bonds. The third-order valence-electron chi connectivity index (χ3n) is 3.43. The van der Waals surface area contributed by atoms with Gasteiger partial charge >= 0.3 is 12.0 Å². The molecule has 0 aromatic carbocycles. The first kappa shape index (κ1) is 16.3. The normalized spacial score (nSPS) is 24.0. The Bertz CT molecular complexity index is 376. The maximum absolute atomic E-state index is 12.1. The van der Waals surface area contributed by atoms with Crippen LogP contribution in [0.5, 0.6) is 0 Å². The van der Waals surface area contributed by atoms with Gasteiger partial charge in [0.05, 0.1) is 0 Å². The Labute approximate surface area is 118 Å². The zero-order valence-electron chi connectivity index (χ0n) is 12.0. The monoisotopic (exact) mass is 285 g/mol. The highest BCUT2D eigenvalue weighted by Crippen LogP contribution is 2.20. The molecular weight excluding hydrogens is 262 g/mol. The lowest BCUT2D eigenvalue weighted by Crippen LogP contribution is -2.52. The number of carboxylic acid groups (broad SMARTS) is 1. The molecule has 3 atom stereocenters. The van der Waals surface area contributed by atoms with Crippen LogP contribution < -0.4 is 11.1 Å². The average Bonchev–Trinajstić information content (AvgIpc) is 2.32. The standard InChI is InChI=1S/C13H23N3O4/c1-8-5-9(2)7-16(6-8)13(20)15-10(12(18)19)3-4-11(14)17/h8-10H,3-7H2,1-2H3,(H2,14,17)(H,15,20)(H,18,19)/t8?,9?,10-/m1/s1. The van der Waals surface area contributed by atoms with E-state index in [1.165, 1.54) is 0 Å². The number of likely N-dealkylation sites (tertiary alicyclic amines) is 1. The number of piperidine rings is 1. The number of rotatable bonds is 5. The highest BCUT2D eigenvalue weighted by atomic mass is 16.4. The van der Waals surface area contributed by atoms with Gasteiger partial charge in [-0.3, -0.25) is 4.79 Å². The molecule has 4 N–H and O–H groups in total. The molecule has 0 radical (unpaired) electrons. The molecule has 7 heteroatoms. The van der Waals surface area contributed by atoms with Crippen molar-refractivity contribution >= 4 is 17.9 Å². The third-order valence-corrected chi connectivity index (χ3v) is 3.43. The second-order valence-corrected chi connectivity index (χ2v) is 5.70. The van der Waals surface area contributed by atoms with Crippen LogP contribution in [0.15, 0.2) is 0 Å².